The van der Waals surface area contributed by atoms with Crippen LogP contribution in [0.15, 0.2) is 103 Å². The van der Waals surface area contributed by atoms with Gasteiger partial charge in [-0.1, -0.05) is 54.6 Å². The molecule has 1 spiro atoms. The number of carbonyl (C=O) groups is 4. The molecule has 0 unspecified atom stereocenters. The number of anilines is 1. The smallest absolute Gasteiger partial charge is 0.308 e. The summed E-state index contributed by atoms with van der Waals surface area (Å²) in [6, 6.07) is 24.1. The van der Waals surface area contributed by atoms with Crippen molar-refractivity contribution in [3.63, 3.8) is 0 Å². The number of benzene rings is 4. The molecule has 3 aliphatic rings. The highest BCUT2D eigenvalue weighted by Gasteiger charge is 2.70. The SMILES string of the molecule is CC(=O)Oc1ccc(C(=O)[C@@H]2[C@H](C(=O)c3cccc([N+](=O)[O-])c3)[C@]3(C(=O)Nc4ccccc43)[C@H]3c4ccccc4C=CN23)cc1. The van der Waals surface area contributed by atoms with E-state index in [1.165, 1.54) is 55.5 Å². The predicted octanol–water partition coefficient (Wildman–Crippen LogP) is 5.50. The lowest BCUT2D eigenvalue weighted by molar-refractivity contribution is -0.384. The Labute approximate surface area is 257 Å². The standard InChI is InChI=1S/C35H25N3O7/c1-20(39)45-25-15-13-22(14-16-25)32(41)30-29(31(40)23-8-6-9-24(19-23)38(43)44)35(27-11-4-5-12-28(27)36-34(35)42)33-26-10-3-2-7-21(26)17-18-37(30)33/h2-19,29-30,33H,1H3,(H,36,42)/t29-,30+,33-,35+/m1/s1. The summed E-state index contributed by atoms with van der Waals surface area (Å²) in [5.41, 5.74) is 1.12. The molecule has 4 aromatic rings. The van der Waals surface area contributed by atoms with E-state index in [0.717, 1.165) is 11.1 Å². The van der Waals surface area contributed by atoms with E-state index in [-0.39, 0.29) is 22.6 Å². The predicted molar refractivity (Wildman–Crippen MR) is 164 cm³/mol. The van der Waals surface area contributed by atoms with Gasteiger partial charge in [-0.2, -0.15) is 0 Å². The number of fused-ring (bicyclic) bond motifs is 6. The fraction of sp³-hybridized carbons (Fsp3) is 0.143. The normalized spacial score (nSPS) is 22.3. The van der Waals surface area contributed by atoms with Crippen LogP contribution in [0, 0.1) is 16.0 Å². The van der Waals surface area contributed by atoms with Crippen molar-refractivity contribution in [1.29, 1.82) is 0 Å². The second kappa shape index (κ2) is 10.4. The summed E-state index contributed by atoms with van der Waals surface area (Å²) in [6.07, 6.45) is 3.60. The number of ether oxygens (including phenoxy) is 1. The molecule has 45 heavy (non-hydrogen) atoms. The summed E-state index contributed by atoms with van der Waals surface area (Å²) >= 11 is 0. The monoisotopic (exact) mass is 599 g/mol. The number of nitro groups is 1. The van der Waals surface area contributed by atoms with Gasteiger partial charge >= 0.3 is 5.97 Å². The minimum absolute atomic E-state index is 0.0193. The summed E-state index contributed by atoms with van der Waals surface area (Å²) in [7, 11) is 0. The number of ketones is 2. The van der Waals surface area contributed by atoms with Gasteiger partial charge in [0.2, 0.25) is 5.91 Å². The van der Waals surface area contributed by atoms with Gasteiger partial charge < -0.3 is 15.0 Å². The summed E-state index contributed by atoms with van der Waals surface area (Å²) in [5, 5.41) is 14.7. The average Bonchev–Trinajstić information content (AvgIpc) is 3.52. The molecule has 222 valence electrons. The van der Waals surface area contributed by atoms with Crippen LogP contribution in [0.1, 0.15) is 50.4 Å². The molecule has 1 fully saturated rings. The first-order chi connectivity index (χ1) is 21.7. The molecule has 0 radical (unpaired) electrons. The van der Waals surface area contributed by atoms with Crippen LogP contribution in [0.5, 0.6) is 5.75 Å². The number of hydrogen-bond acceptors (Lipinski definition) is 8. The number of amides is 1. The van der Waals surface area contributed by atoms with Gasteiger partial charge in [0.1, 0.15) is 17.2 Å². The van der Waals surface area contributed by atoms with E-state index in [1.54, 1.807) is 35.4 Å². The summed E-state index contributed by atoms with van der Waals surface area (Å²) in [4.78, 5) is 68.4. The second-order valence-corrected chi connectivity index (χ2v) is 11.2. The first kappa shape index (κ1) is 27.9. The van der Waals surface area contributed by atoms with Crippen LogP contribution in [0.4, 0.5) is 11.4 Å². The van der Waals surface area contributed by atoms with Crippen molar-refractivity contribution >= 4 is 40.9 Å². The highest BCUT2D eigenvalue weighted by molar-refractivity contribution is 6.16. The fourth-order valence-corrected chi connectivity index (χ4v) is 7.14. The lowest BCUT2D eigenvalue weighted by Gasteiger charge is -2.38. The minimum atomic E-state index is -1.57. The molecule has 1 saturated heterocycles. The molecule has 0 aliphatic carbocycles. The van der Waals surface area contributed by atoms with Crippen LogP contribution in [-0.2, 0) is 15.0 Å². The van der Waals surface area contributed by atoms with Gasteiger partial charge in [-0.05, 0) is 53.1 Å². The van der Waals surface area contributed by atoms with E-state index in [1.807, 2.05) is 30.3 Å². The molecule has 1 N–H and O–H groups in total. The number of rotatable bonds is 6. The van der Waals surface area contributed by atoms with E-state index in [2.05, 4.69) is 5.32 Å². The van der Waals surface area contributed by atoms with Crippen LogP contribution in [0.25, 0.3) is 6.08 Å². The second-order valence-electron chi connectivity index (χ2n) is 11.2. The highest BCUT2D eigenvalue weighted by atomic mass is 16.6. The van der Waals surface area contributed by atoms with Gasteiger partial charge in [0, 0.05) is 42.1 Å². The average molecular weight is 600 g/mol. The maximum Gasteiger partial charge on any atom is 0.308 e. The molecule has 4 aromatic carbocycles. The molecule has 7 rings (SSSR count). The van der Waals surface area contributed by atoms with Gasteiger partial charge in [0.05, 0.1) is 16.9 Å². The Kier molecular flexibility index (Phi) is 6.43. The molecule has 1 amide bonds. The van der Waals surface area contributed by atoms with E-state index in [0.29, 0.717) is 11.3 Å². The van der Waals surface area contributed by atoms with Crippen molar-refractivity contribution in [3.8, 4) is 5.75 Å². The number of nitro benzene ring substituents is 1. The largest absolute Gasteiger partial charge is 0.427 e. The number of carbonyl (C=O) groups excluding carboxylic acids is 4. The number of nitrogens with zero attached hydrogens (tertiary/aromatic N) is 2. The van der Waals surface area contributed by atoms with Crippen LogP contribution < -0.4 is 10.1 Å². The molecule has 10 nitrogen and oxygen atoms in total. The molecule has 10 heteroatoms. The van der Waals surface area contributed by atoms with E-state index in [4.69, 9.17) is 4.74 Å². The molecule has 0 saturated carbocycles. The van der Waals surface area contributed by atoms with Crippen molar-refractivity contribution in [2.45, 2.75) is 24.4 Å². The molecule has 4 atom stereocenters. The van der Waals surface area contributed by atoms with Crippen molar-refractivity contribution in [2.75, 3.05) is 5.32 Å². The first-order valence-corrected chi connectivity index (χ1v) is 14.3. The molecule has 3 heterocycles. The number of para-hydroxylation sites is 1. The Balaban J connectivity index is 1.48. The molecule has 0 aromatic heterocycles. The highest BCUT2D eigenvalue weighted by Crippen LogP contribution is 2.62. The zero-order valence-electron chi connectivity index (χ0n) is 23.9. The third-order valence-corrected chi connectivity index (χ3v) is 8.86. The summed E-state index contributed by atoms with van der Waals surface area (Å²) in [5.74, 6) is -2.99. The van der Waals surface area contributed by atoms with Crippen LogP contribution in [0.3, 0.4) is 0 Å². The van der Waals surface area contributed by atoms with Crippen molar-refractivity contribution in [1.82, 2.24) is 4.90 Å². The number of nitrogens with one attached hydrogen (secondary N) is 1. The Bertz CT molecular complexity index is 1970. The quantitative estimate of drug-likeness (QED) is 0.101. The number of hydrogen-bond donors (Lipinski definition) is 1. The van der Waals surface area contributed by atoms with E-state index >= 15 is 0 Å². The molecule has 3 aliphatic heterocycles. The maximum absolute atomic E-state index is 14.9. The third kappa shape index (κ3) is 4.17. The molecular formula is C35H25N3O7. The van der Waals surface area contributed by atoms with Gasteiger partial charge in [-0.25, -0.2) is 0 Å². The lowest BCUT2D eigenvalue weighted by atomic mass is 9.62. The molecule has 0 bridgehead atoms. The summed E-state index contributed by atoms with van der Waals surface area (Å²) < 4.78 is 5.14. The Morgan fingerprint density at radius 3 is 2.38 bits per heavy atom. The first-order valence-electron chi connectivity index (χ1n) is 14.3. The van der Waals surface area contributed by atoms with Crippen molar-refractivity contribution < 1.29 is 28.8 Å². The van der Waals surface area contributed by atoms with Crippen molar-refractivity contribution in [3.05, 3.63) is 141 Å². The van der Waals surface area contributed by atoms with Crippen LogP contribution in [0.2, 0.25) is 0 Å². The van der Waals surface area contributed by atoms with E-state index < -0.39 is 51.8 Å². The number of non-ortho nitro benzene ring substituents is 1. The Hall–Kier alpha value is -5.90. The lowest BCUT2D eigenvalue weighted by Crippen LogP contribution is -2.49. The zero-order valence-corrected chi connectivity index (χ0v) is 23.9. The van der Waals surface area contributed by atoms with Crippen LogP contribution >= 0.6 is 0 Å². The Morgan fingerprint density at radius 2 is 1.62 bits per heavy atom. The zero-order chi connectivity index (χ0) is 31.5. The maximum atomic E-state index is 14.9. The topological polar surface area (TPSA) is 136 Å². The number of Topliss-reactive ketones (excluding diaryl/α,β-unsaturated/α-hetero) is 2. The van der Waals surface area contributed by atoms with Crippen molar-refractivity contribution in [2.24, 2.45) is 5.92 Å². The van der Waals surface area contributed by atoms with Gasteiger partial charge in [0.15, 0.2) is 11.6 Å². The van der Waals surface area contributed by atoms with E-state index in [9.17, 15) is 29.3 Å². The number of esters is 1. The Morgan fingerprint density at radius 1 is 0.889 bits per heavy atom. The fourth-order valence-electron chi connectivity index (χ4n) is 7.14. The van der Waals surface area contributed by atoms with Gasteiger partial charge in [-0.3, -0.25) is 29.3 Å². The van der Waals surface area contributed by atoms with Crippen LogP contribution in [-0.4, -0.2) is 39.3 Å². The minimum Gasteiger partial charge on any atom is -0.427 e. The molecular weight excluding hydrogens is 574 g/mol. The summed E-state index contributed by atoms with van der Waals surface area (Å²) in [6.45, 7) is 1.27. The van der Waals surface area contributed by atoms with Gasteiger partial charge in [-0.15, -0.1) is 0 Å². The van der Waals surface area contributed by atoms with Gasteiger partial charge in [0.25, 0.3) is 5.69 Å². The third-order valence-electron chi connectivity index (χ3n) is 8.86.